The van der Waals surface area contributed by atoms with Gasteiger partial charge in [0.1, 0.15) is 5.75 Å². The molecule has 1 aliphatic heterocycles. The fourth-order valence-corrected chi connectivity index (χ4v) is 3.00. The second-order valence-corrected chi connectivity index (χ2v) is 6.51. The van der Waals surface area contributed by atoms with Gasteiger partial charge in [0.05, 0.1) is 25.8 Å². The molecule has 1 aliphatic rings. The summed E-state index contributed by atoms with van der Waals surface area (Å²) < 4.78 is 16.2. The number of aromatic amines is 1. The number of aryl methyl sites for hydroxylation is 1. The lowest BCUT2D eigenvalue weighted by Crippen LogP contribution is -2.33. The predicted molar refractivity (Wildman–Crippen MR) is 97.4 cm³/mol. The Labute approximate surface area is 151 Å². The summed E-state index contributed by atoms with van der Waals surface area (Å²) in [6, 6.07) is 7.32. The molecule has 0 spiro atoms. The Hall–Kier alpha value is -2.38. The van der Waals surface area contributed by atoms with Gasteiger partial charge in [0.15, 0.2) is 5.79 Å². The molecule has 2 N–H and O–H groups in total. The zero-order valence-corrected chi connectivity index (χ0v) is 15.1. The number of methoxy groups -OCH3 is 1. The number of ether oxygens (including phenoxy) is 3. The predicted octanol–water partition coefficient (Wildman–Crippen LogP) is 1.74. The van der Waals surface area contributed by atoms with Crippen molar-refractivity contribution in [2.45, 2.75) is 32.0 Å². The maximum atomic E-state index is 12.2. The largest absolute Gasteiger partial charge is 0.497 e. The molecule has 1 saturated heterocycles. The molecule has 7 nitrogen and oxygen atoms in total. The molecule has 2 heterocycles. The fraction of sp³-hybridized carbons (Fsp3) is 0.474. The van der Waals surface area contributed by atoms with Crippen molar-refractivity contribution in [2.24, 2.45) is 0 Å². The van der Waals surface area contributed by atoms with Crippen molar-refractivity contribution in [3.63, 3.8) is 0 Å². The molecule has 1 amide bonds. The number of fused-ring (bicyclic) bond motifs is 1. The third kappa shape index (κ3) is 4.42. The van der Waals surface area contributed by atoms with Gasteiger partial charge in [-0.3, -0.25) is 9.59 Å². The summed E-state index contributed by atoms with van der Waals surface area (Å²) in [6.45, 7) is 3.51. The van der Waals surface area contributed by atoms with Gasteiger partial charge in [0.2, 0.25) is 5.91 Å². The van der Waals surface area contributed by atoms with Crippen LogP contribution in [0.4, 0.5) is 0 Å². The van der Waals surface area contributed by atoms with Gasteiger partial charge in [-0.25, -0.2) is 0 Å². The van der Waals surface area contributed by atoms with Gasteiger partial charge in [0.25, 0.3) is 5.56 Å². The summed E-state index contributed by atoms with van der Waals surface area (Å²) >= 11 is 0. The number of benzene rings is 1. The van der Waals surface area contributed by atoms with E-state index in [1.54, 1.807) is 13.2 Å². The summed E-state index contributed by atoms with van der Waals surface area (Å²) in [5.74, 6) is -0.0193. The van der Waals surface area contributed by atoms with Crippen molar-refractivity contribution >= 4 is 16.8 Å². The Morgan fingerprint density at radius 2 is 2.08 bits per heavy atom. The molecule has 140 valence electrons. The van der Waals surface area contributed by atoms with Gasteiger partial charge in [-0.1, -0.05) is 0 Å². The lowest BCUT2D eigenvalue weighted by atomic mass is 10.1. The van der Waals surface area contributed by atoms with Crippen LogP contribution in [0.2, 0.25) is 0 Å². The van der Waals surface area contributed by atoms with Gasteiger partial charge < -0.3 is 24.5 Å². The molecule has 26 heavy (non-hydrogen) atoms. The molecular formula is C19H24N2O5. The SMILES string of the molecule is COc1ccc2cc(CCC(=O)NCCC3(C)OCCO3)c(=O)[nH]c2c1. The standard InChI is InChI=1S/C19H24N2O5/c1-19(25-9-10-26-19)7-8-20-17(22)6-4-14-11-13-3-5-15(24-2)12-16(13)21-18(14)23/h3,5,11-12H,4,6-10H2,1-2H3,(H,20,22)(H,21,23). The zero-order valence-electron chi connectivity index (χ0n) is 15.1. The third-order valence-electron chi connectivity index (χ3n) is 4.55. The minimum Gasteiger partial charge on any atom is -0.497 e. The summed E-state index contributed by atoms with van der Waals surface area (Å²) in [7, 11) is 1.58. The molecule has 0 bridgehead atoms. The molecule has 3 rings (SSSR count). The van der Waals surface area contributed by atoms with Gasteiger partial charge in [0, 0.05) is 31.0 Å². The number of carbonyl (C=O) groups excluding carboxylic acids is 1. The molecule has 0 unspecified atom stereocenters. The molecule has 1 aromatic carbocycles. The molecule has 0 atom stereocenters. The van der Waals surface area contributed by atoms with E-state index in [1.165, 1.54) is 0 Å². The van der Waals surface area contributed by atoms with Gasteiger partial charge in [-0.05, 0) is 36.9 Å². The van der Waals surface area contributed by atoms with Crippen molar-refractivity contribution in [2.75, 3.05) is 26.9 Å². The highest BCUT2D eigenvalue weighted by Gasteiger charge is 2.30. The summed E-state index contributed by atoms with van der Waals surface area (Å²) in [4.78, 5) is 27.1. The van der Waals surface area contributed by atoms with Crippen LogP contribution in [-0.4, -0.2) is 43.5 Å². The topological polar surface area (TPSA) is 89.7 Å². The number of pyridine rings is 1. The van der Waals surface area contributed by atoms with E-state index < -0.39 is 5.79 Å². The van der Waals surface area contributed by atoms with Crippen LogP contribution in [0.15, 0.2) is 29.1 Å². The van der Waals surface area contributed by atoms with Crippen LogP contribution in [0.25, 0.3) is 10.9 Å². The minimum atomic E-state index is -0.607. The smallest absolute Gasteiger partial charge is 0.251 e. The van der Waals surface area contributed by atoms with E-state index in [0.29, 0.717) is 49.4 Å². The number of rotatable bonds is 7. The van der Waals surface area contributed by atoms with Crippen molar-refractivity contribution in [3.05, 3.63) is 40.2 Å². The molecule has 0 radical (unpaired) electrons. The van der Waals surface area contributed by atoms with Crippen molar-refractivity contribution < 1.29 is 19.0 Å². The number of hydrogen-bond donors (Lipinski definition) is 2. The van der Waals surface area contributed by atoms with Crippen LogP contribution >= 0.6 is 0 Å². The molecule has 1 aromatic heterocycles. The van der Waals surface area contributed by atoms with Crippen LogP contribution < -0.4 is 15.6 Å². The van der Waals surface area contributed by atoms with E-state index in [0.717, 1.165) is 5.39 Å². The number of H-pyrrole nitrogens is 1. The van der Waals surface area contributed by atoms with E-state index in [9.17, 15) is 9.59 Å². The van der Waals surface area contributed by atoms with Crippen molar-refractivity contribution in [1.82, 2.24) is 10.3 Å². The van der Waals surface area contributed by atoms with Gasteiger partial charge in [-0.2, -0.15) is 0 Å². The first-order valence-electron chi connectivity index (χ1n) is 8.74. The monoisotopic (exact) mass is 360 g/mol. The Morgan fingerprint density at radius 1 is 1.31 bits per heavy atom. The van der Waals surface area contributed by atoms with E-state index >= 15 is 0 Å². The molecular weight excluding hydrogens is 336 g/mol. The normalized spacial score (nSPS) is 15.9. The number of carbonyl (C=O) groups is 1. The number of hydrogen-bond acceptors (Lipinski definition) is 5. The van der Waals surface area contributed by atoms with Gasteiger partial charge >= 0.3 is 0 Å². The second kappa shape index (κ2) is 7.88. The minimum absolute atomic E-state index is 0.0965. The number of amides is 1. The second-order valence-electron chi connectivity index (χ2n) is 6.51. The van der Waals surface area contributed by atoms with E-state index in [4.69, 9.17) is 14.2 Å². The Balaban J connectivity index is 1.54. The summed E-state index contributed by atoms with van der Waals surface area (Å²) in [5.41, 5.74) is 1.12. The summed E-state index contributed by atoms with van der Waals surface area (Å²) in [6.07, 6.45) is 1.23. The van der Waals surface area contributed by atoms with Crippen LogP contribution in [0, 0.1) is 0 Å². The molecule has 1 fully saturated rings. The number of nitrogens with one attached hydrogen (secondary N) is 2. The first-order chi connectivity index (χ1) is 12.5. The van der Waals surface area contributed by atoms with Crippen molar-refractivity contribution in [1.29, 1.82) is 0 Å². The Kier molecular flexibility index (Phi) is 5.58. The first kappa shape index (κ1) is 18.4. The van der Waals surface area contributed by atoms with Crippen LogP contribution in [0.3, 0.4) is 0 Å². The van der Waals surface area contributed by atoms with E-state index in [2.05, 4.69) is 10.3 Å². The van der Waals surface area contributed by atoms with Crippen LogP contribution in [-0.2, 0) is 20.7 Å². The zero-order chi connectivity index (χ0) is 18.6. The highest BCUT2D eigenvalue weighted by Crippen LogP contribution is 2.21. The lowest BCUT2D eigenvalue weighted by molar-refractivity contribution is -0.146. The maximum Gasteiger partial charge on any atom is 0.251 e. The highest BCUT2D eigenvalue weighted by molar-refractivity contribution is 5.81. The Morgan fingerprint density at radius 3 is 2.81 bits per heavy atom. The number of aromatic nitrogens is 1. The van der Waals surface area contributed by atoms with Gasteiger partial charge in [-0.15, -0.1) is 0 Å². The fourth-order valence-electron chi connectivity index (χ4n) is 3.00. The first-order valence-corrected chi connectivity index (χ1v) is 8.74. The summed E-state index contributed by atoms with van der Waals surface area (Å²) in [5, 5.41) is 3.76. The molecule has 0 aliphatic carbocycles. The quantitative estimate of drug-likeness (QED) is 0.785. The average Bonchev–Trinajstić information content (AvgIpc) is 3.06. The molecule has 7 heteroatoms. The Bertz CT molecular complexity index is 839. The molecule has 2 aromatic rings. The van der Waals surface area contributed by atoms with E-state index in [1.807, 2.05) is 25.1 Å². The van der Waals surface area contributed by atoms with Crippen LogP contribution in [0.5, 0.6) is 5.75 Å². The van der Waals surface area contributed by atoms with E-state index in [-0.39, 0.29) is 17.9 Å². The van der Waals surface area contributed by atoms with Crippen LogP contribution in [0.1, 0.15) is 25.3 Å². The van der Waals surface area contributed by atoms with Crippen molar-refractivity contribution in [3.8, 4) is 5.75 Å². The average molecular weight is 360 g/mol. The maximum absolute atomic E-state index is 12.2. The lowest BCUT2D eigenvalue weighted by Gasteiger charge is -2.22. The highest BCUT2D eigenvalue weighted by atomic mass is 16.7. The molecule has 0 saturated carbocycles. The third-order valence-corrected chi connectivity index (χ3v) is 4.55.